The van der Waals surface area contributed by atoms with Crippen molar-refractivity contribution >= 4 is 24.1 Å². The van der Waals surface area contributed by atoms with Crippen LogP contribution in [0.1, 0.15) is 22.3 Å². The van der Waals surface area contributed by atoms with Crippen LogP contribution in [0, 0.1) is 0 Å². The molecule has 0 atom stereocenters. The quantitative estimate of drug-likeness (QED) is 0.321. The molecule has 0 N–H and O–H groups in total. The van der Waals surface area contributed by atoms with Gasteiger partial charge in [0, 0.05) is 46.2 Å². The number of carbonyl (C=O) groups excluding carboxylic acids is 2. The van der Waals surface area contributed by atoms with Crippen molar-refractivity contribution in [1.82, 2.24) is 0 Å². The third-order valence-corrected chi connectivity index (χ3v) is 5.87. The van der Waals surface area contributed by atoms with Crippen LogP contribution < -0.4 is 18.9 Å². The maximum atomic E-state index is 12.7. The Labute approximate surface area is 197 Å². The van der Waals surface area contributed by atoms with E-state index in [1.807, 2.05) is 48.5 Å². The highest BCUT2D eigenvalue weighted by molar-refractivity contribution is 5.99. The zero-order valence-corrected chi connectivity index (χ0v) is 18.8. The molecule has 2 aliphatic heterocycles. The fourth-order valence-corrected chi connectivity index (χ4v) is 4.16. The van der Waals surface area contributed by atoms with Crippen LogP contribution in [0.4, 0.5) is 0 Å². The smallest absolute Gasteiger partial charge is 0.339 e. The number of rotatable bonds is 4. The fraction of sp³-hybridized carbons (Fsp3) is 0.143. The Morgan fingerprint density at radius 3 is 1.50 bits per heavy atom. The lowest BCUT2D eigenvalue weighted by atomic mass is 9.93. The SMILES string of the molecule is COc1ccccc1/C=C1\Cc2cc3c(cc2OC1=O)C/C(=C\c1ccccc1OC)C(=O)O3. The summed E-state index contributed by atoms with van der Waals surface area (Å²) >= 11 is 0. The van der Waals surface area contributed by atoms with Gasteiger partial charge in [0.1, 0.15) is 23.0 Å². The molecule has 170 valence electrons. The third kappa shape index (κ3) is 4.06. The summed E-state index contributed by atoms with van der Waals surface area (Å²) in [7, 11) is 3.17. The topological polar surface area (TPSA) is 71.1 Å². The zero-order valence-electron chi connectivity index (χ0n) is 18.8. The first-order chi connectivity index (χ1) is 16.6. The van der Waals surface area contributed by atoms with Gasteiger partial charge in [-0.2, -0.15) is 0 Å². The fourth-order valence-electron chi connectivity index (χ4n) is 4.16. The van der Waals surface area contributed by atoms with Crippen LogP contribution in [0.2, 0.25) is 0 Å². The summed E-state index contributed by atoms with van der Waals surface area (Å²) in [5.41, 5.74) is 4.13. The summed E-state index contributed by atoms with van der Waals surface area (Å²) in [6.07, 6.45) is 4.26. The number of esters is 2. The Kier molecular flexibility index (Phi) is 5.64. The van der Waals surface area contributed by atoms with Crippen molar-refractivity contribution in [3.05, 3.63) is 94.1 Å². The minimum absolute atomic E-state index is 0.362. The molecule has 2 aliphatic rings. The van der Waals surface area contributed by atoms with Gasteiger partial charge >= 0.3 is 11.9 Å². The predicted molar refractivity (Wildman–Crippen MR) is 127 cm³/mol. The van der Waals surface area contributed by atoms with E-state index in [9.17, 15) is 9.59 Å². The van der Waals surface area contributed by atoms with Gasteiger partial charge in [0.15, 0.2) is 0 Å². The van der Waals surface area contributed by atoms with Crippen LogP contribution in [0.5, 0.6) is 23.0 Å². The summed E-state index contributed by atoms with van der Waals surface area (Å²) in [6, 6.07) is 18.5. The number of benzene rings is 3. The maximum absolute atomic E-state index is 12.7. The second-order valence-corrected chi connectivity index (χ2v) is 8.02. The molecular weight excluding hydrogens is 432 g/mol. The largest absolute Gasteiger partial charge is 0.496 e. The zero-order chi connectivity index (χ0) is 23.7. The number of carbonyl (C=O) groups is 2. The molecule has 34 heavy (non-hydrogen) atoms. The molecule has 0 unspecified atom stereocenters. The van der Waals surface area contributed by atoms with Crippen molar-refractivity contribution in [2.45, 2.75) is 12.8 Å². The molecule has 6 heteroatoms. The van der Waals surface area contributed by atoms with Gasteiger partial charge in [-0.25, -0.2) is 9.59 Å². The third-order valence-electron chi connectivity index (χ3n) is 5.87. The average Bonchev–Trinajstić information content (AvgIpc) is 2.85. The molecule has 2 heterocycles. The van der Waals surface area contributed by atoms with Crippen molar-refractivity contribution < 1.29 is 28.5 Å². The summed E-state index contributed by atoms with van der Waals surface area (Å²) in [5.74, 6) is 1.49. The minimum Gasteiger partial charge on any atom is -0.496 e. The Morgan fingerprint density at radius 2 is 1.09 bits per heavy atom. The molecule has 3 aromatic rings. The van der Waals surface area contributed by atoms with Crippen LogP contribution in [0.25, 0.3) is 12.2 Å². The average molecular weight is 454 g/mol. The first kappa shape index (κ1) is 21.5. The van der Waals surface area contributed by atoms with Gasteiger partial charge in [-0.1, -0.05) is 36.4 Å². The first-order valence-electron chi connectivity index (χ1n) is 10.8. The molecule has 6 nitrogen and oxygen atoms in total. The maximum Gasteiger partial charge on any atom is 0.339 e. The van der Waals surface area contributed by atoms with E-state index in [0.29, 0.717) is 47.0 Å². The molecule has 0 bridgehead atoms. The van der Waals surface area contributed by atoms with E-state index in [-0.39, 0.29) is 0 Å². The van der Waals surface area contributed by atoms with Crippen molar-refractivity contribution in [3.63, 3.8) is 0 Å². The van der Waals surface area contributed by atoms with Gasteiger partial charge in [-0.05, 0) is 36.4 Å². The molecule has 5 rings (SSSR count). The summed E-state index contributed by atoms with van der Waals surface area (Å²) in [4.78, 5) is 25.4. The van der Waals surface area contributed by atoms with E-state index in [1.165, 1.54) is 0 Å². The molecular formula is C28H22O6. The van der Waals surface area contributed by atoms with Gasteiger partial charge in [0.2, 0.25) is 0 Å². The first-order valence-corrected chi connectivity index (χ1v) is 10.8. The van der Waals surface area contributed by atoms with Gasteiger partial charge in [-0.15, -0.1) is 0 Å². The summed E-state index contributed by atoms with van der Waals surface area (Å²) in [6.45, 7) is 0. The number of ether oxygens (including phenoxy) is 4. The summed E-state index contributed by atoms with van der Waals surface area (Å²) < 4.78 is 22.0. The lowest BCUT2D eigenvalue weighted by Crippen LogP contribution is -2.23. The van der Waals surface area contributed by atoms with E-state index in [4.69, 9.17) is 18.9 Å². The predicted octanol–water partition coefficient (Wildman–Crippen LogP) is 4.79. The number of para-hydroxylation sites is 2. The minimum atomic E-state index is -0.407. The Balaban J connectivity index is 1.46. The van der Waals surface area contributed by atoms with Crippen molar-refractivity contribution in [2.75, 3.05) is 14.2 Å². The van der Waals surface area contributed by atoms with Gasteiger partial charge in [-0.3, -0.25) is 0 Å². The van der Waals surface area contributed by atoms with Crippen molar-refractivity contribution in [2.24, 2.45) is 0 Å². The van der Waals surface area contributed by atoms with Gasteiger partial charge in [0.25, 0.3) is 0 Å². The van der Waals surface area contributed by atoms with E-state index in [1.54, 1.807) is 38.5 Å². The molecule has 0 amide bonds. The van der Waals surface area contributed by atoms with Gasteiger partial charge < -0.3 is 18.9 Å². The highest BCUT2D eigenvalue weighted by atomic mass is 16.5. The molecule has 3 aromatic carbocycles. The lowest BCUT2D eigenvalue weighted by Gasteiger charge is -2.24. The number of methoxy groups -OCH3 is 2. The molecule has 0 fully saturated rings. The second kappa shape index (κ2) is 8.90. The van der Waals surface area contributed by atoms with E-state index < -0.39 is 11.9 Å². The summed E-state index contributed by atoms with van der Waals surface area (Å²) in [5, 5.41) is 0. The highest BCUT2D eigenvalue weighted by Gasteiger charge is 2.29. The second-order valence-electron chi connectivity index (χ2n) is 8.02. The molecule has 0 saturated carbocycles. The van der Waals surface area contributed by atoms with E-state index >= 15 is 0 Å². The van der Waals surface area contributed by atoms with Crippen molar-refractivity contribution in [1.29, 1.82) is 0 Å². The van der Waals surface area contributed by atoms with Crippen LogP contribution in [0.15, 0.2) is 71.8 Å². The Bertz CT molecular complexity index is 1260. The molecule has 0 aliphatic carbocycles. The van der Waals surface area contributed by atoms with Crippen LogP contribution in [-0.4, -0.2) is 26.2 Å². The molecule has 0 radical (unpaired) electrons. The van der Waals surface area contributed by atoms with Crippen LogP contribution >= 0.6 is 0 Å². The Morgan fingerprint density at radius 1 is 0.676 bits per heavy atom. The number of hydrogen-bond donors (Lipinski definition) is 0. The van der Waals surface area contributed by atoms with Gasteiger partial charge in [0.05, 0.1) is 14.2 Å². The number of fused-ring (bicyclic) bond motifs is 2. The van der Waals surface area contributed by atoms with E-state index in [0.717, 1.165) is 22.3 Å². The van der Waals surface area contributed by atoms with Crippen LogP contribution in [-0.2, 0) is 22.4 Å². The number of hydrogen-bond acceptors (Lipinski definition) is 6. The van der Waals surface area contributed by atoms with E-state index in [2.05, 4.69) is 0 Å². The van der Waals surface area contributed by atoms with Crippen molar-refractivity contribution in [3.8, 4) is 23.0 Å². The lowest BCUT2D eigenvalue weighted by molar-refractivity contribution is -0.132. The normalized spacial score (nSPS) is 17.0. The molecule has 0 spiro atoms. The monoisotopic (exact) mass is 454 g/mol. The standard InChI is InChI=1S/C28H22O6/c1-31-23-9-5-3-7-17(23)11-21-13-19-15-26-20(16-25(19)33-27(21)29)14-22(28(30)34-26)12-18-8-4-6-10-24(18)32-2/h3-12,15-16H,13-14H2,1-2H3/b21-11+,22-12+. The molecule has 0 aromatic heterocycles. The Hall–Kier alpha value is -4.32. The molecule has 0 saturated heterocycles. The van der Waals surface area contributed by atoms with Crippen LogP contribution in [0.3, 0.4) is 0 Å². The highest BCUT2D eigenvalue weighted by Crippen LogP contribution is 2.39.